The lowest BCUT2D eigenvalue weighted by molar-refractivity contribution is -0.175. The normalized spacial score (nSPS) is 13.6. The monoisotopic (exact) mass is 274 g/mol. The first-order valence-electron chi connectivity index (χ1n) is 6.28. The Hall–Kier alpha value is -1.14. The number of hydrogen-bond donors (Lipinski definition) is 0. The summed E-state index contributed by atoms with van der Waals surface area (Å²) in [5.41, 5.74) is -0.681. The van der Waals surface area contributed by atoms with Crippen molar-refractivity contribution in [1.29, 1.82) is 0 Å². The first-order valence-corrected chi connectivity index (χ1v) is 6.28. The molecule has 0 rings (SSSR count). The number of ether oxygens (including phenoxy) is 1. The molecule has 0 aromatic heterocycles. The maximum atomic E-state index is 12.3. The summed E-state index contributed by atoms with van der Waals surface area (Å²) in [4.78, 5) is 30.9. The lowest BCUT2D eigenvalue weighted by atomic mass is 10.0. The van der Waals surface area contributed by atoms with E-state index in [2.05, 4.69) is 0 Å². The molecule has 0 spiro atoms. The highest BCUT2D eigenvalue weighted by Gasteiger charge is 2.35. The minimum Gasteiger partial charge on any atom is -0.442 e. The Morgan fingerprint density at radius 3 is 1.84 bits per heavy atom. The molecule has 112 valence electrons. The molecular formula is C13H26N2O4. The van der Waals surface area contributed by atoms with E-state index in [0.717, 1.165) is 0 Å². The number of imide groups is 1. The van der Waals surface area contributed by atoms with Crippen LogP contribution >= 0.6 is 0 Å². The van der Waals surface area contributed by atoms with Crippen LogP contribution < -0.4 is 0 Å². The molecule has 0 aromatic carbocycles. The fourth-order valence-corrected chi connectivity index (χ4v) is 1.78. The van der Waals surface area contributed by atoms with Gasteiger partial charge in [0, 0.05) is 0 Å². The molecule has 1 atom stereocenters. The van der Waals surface area contributed by atoms with Crippen molar-refractivity contribution < 1.29 is 19.2 Å². The zero-order valence-corrected chi connectivity index (χ0v) is 13.2. The van der Waals surface area contributed by atoms with Gasteiger partial charge in [-0.25, -0.2) is 4.79 Å². The Bertz CT molecular complexity index is 313. The van der Waals surface area contributed by atoms with Crippen molar-refractivity contribution in [2.75, 3.05) is 21.2 Å². The number of amides is 2. The zero-order chi connectivity index (χ0) is 15.4. The van der Waals surface area contributed by atoms with E-state index in [-0.39, 0.29) is 5.92 Å². The Labute approximate surface area is 115 Å². The van der Waals surface area contributed by atoms with Crippen LogP contribution in [0.2, 0.25) is 0 Å². The summed E-state index contributed by atoms with van der Waals surface area (Å²) in [5.74, 6) is -0.390. The third-order valence-corrected chi connectivity index (χ3v) is 2.38. The lowest BCUT2D eigenvalue weighted by Gasteiger charge is -2.31. The topological polar surface area (TPSA) is 59.1 Å². The van der Waals surface area contributed by atoms with Crippen molar-refractivity contribution in [3.8, 4) is 0 Å². The van der Waals surface area contributed by atoms with Gasteiger partial charge in [0.15, 0.2) is 0 Å². The molecule has 0 saturated heterocycles. The lowest BCUT2D eigenvalue weighted by Crippen LogP contribution is -2.51. The predicted molar refractivity (Wildman–Crippen MR) is 72.4 cm³/mol. The van der Waals surface area contributed by atoms with Crippen molar-refractivity contribution in [2.45, 2.75) is 46.3 Å². The van der Waals surface area contributed by atoms with Crippen molar-refractivity contribution in [3.63, 3.8) is 0 Å². The maximum Gasteiger partial charge on any atom is 0.442 e. The SMILES string of the molecule is CON(C(=O)OC(C)(C)C)C(=O)[C@H](C(C)C)N(C)C. The van der Waals surface area contributed by atoms with Crippen LogP contribution in [0.1, 0.15) is 34.6 Å². The molecular weight excluding hydrogens is 248 g/mol. The molecule has 6 nitrogen and oxygen atoms in total. The smallest absolute Gasteiger partial charge is 0.442 e. The quantitative estimate of drug-likeness (QED) is 0.733. The Balaban J connectivity index is 5.04. The summed E-state index contributed by atoms with van der Waals surface area (Å²) < 4.78 is 5.14. The van der Waals surface area contributed by atoms with E-state index in [1.807, 2.05) is 13.8 Å². The number of hydroxylamine groups is 2. The summed E-state index contributed by atoms with van der Waals surface area (Å²) in [7, 11) is 4.84. The van der Waals surface area contributed by atoms with Crippen molar-refractivity contribution in [3.05, 3.63) is 0 Å². The van der Waals surface area contributed by atoms with E-state index in [4.69, 9.17) is 9.57 Å². The van der Waals surface area contributed by atoms with Crippen molar-refractivity contribution in [2.24, 2.45) is 5.92 Å². The standard InChI is InChI=1S/C13H26N2O4/c1-9(2)10(14(6)7)11(16)15(18-8)12(17)19-13(3,4)5/h9-10H,1-8H3/t10-/m0/s1. The van der Waals surface area contributed by atoms with Gasteiger partial charge in [0.25, 0.3) is 5.91 Å². The molecule has 6 heteroatoms. The molecule has 0 aromatic rings. The third-order valence-electron chi connectivity index (χ3n) is 2.38. The molecule has 0 fully saturated rings. The maximum absolute atomic E-state index is 12.3. The summed E-state index contributed by atoms with van der Waals surface area (Å²) in [5, 5.41) is 0.677. The van der Waals surface area contributed by atoms with Gasteiger partial charge in [-0.15, -0.1) is 5.06 Å². The van der Waals surface area contributed by atoms with Gasteiger partial charge in [0.1, 0.15) is 5.60 Å². The van der Waals surface area contributed by atoms with E-state index in [1.165, 1.54) is 7.11 Å². The molecule has 2 amide bonds. The number of hydrogen-bond acceptors (Lipinski definition) is 5. The highest BCUT2D eigenvalue weighted by molar-refractivity contribution is 5.93. The van der Waals surface area contributed by atoms with Crippen LogP contribution in [0.15, 0.2) is 0 Å². The molecule has 0 unspecified atom stereocenters. The van der Waals surface area contributed by atoms with E-state index in [9.17, 15) is 9.59 Å². The fraction of sp³-hybridized carbons (Fsp3) is 0.846. The summed E-state index contributed by atoms with van der Waals surface area (Å²) in [6, 6.07) is -0.451. The number of carbonyl (C=O) groups is 2. The molecule has 0 aliphatic rings. The fourth-order valence-electron chi connectivity index (χ4n) is 1.78. The first kappa shape index (κ1) is 17.9. The molecule has 0 saturated carbocycles. The second kappa shape index (κ2) is 6.86. The van der Waals surface area contributed by atoms with Crippen molar-refractivity contribution in [1.82, 2.24) is 9.96 Å². The number of carbonyl (C=O) groups excluding carboxylic acids is 2. The van der Waals surface area contributed by atoms with E-state index in [0.29, 0.717) is 5.06 Å². The van der Waals surface area contributed by atoms with Crippen molar-refractivity contribution >= 4 is 12.0 Å². The van der Waals surface area contributed by atoms with Crippen LogP contribution in [0.5, 0.6) is 0 Å². The van der Waals surface area contributed by atoms with Gasteiger partial charge in [-0.1, -0.05) is 13.8 Å². The van der Waals surface area contributed by atoms with Gasteiger partial charge in [0.2, 0.25) is 0 Å². The minimum absolute atomic E-state index is 0.0441. The molecule has 0 aliphatic carbocycles. The van der Waals surface area contributed by atoms with Gasteiger partial charge >= 0.3 is 6.09 Å². The van der Waals surface area contributed by atoms with Gasteiger partial charge < -0.3 is 4.74 Å². The van der Waals surface area contributed by atoms with E-state index >= 15 is 0 Å². The van der Waals surface area contributed by atoms with Gasteiger partial charge in [-0.2, -0.15) is 0 Å². The first-order chi connectivity index (χ1) is 8.51. The zero-order valence-electron chi connectivity index (χ0n) is 13.2. The number of likely N-dealkylation sites (N-methyl/N-ethyl adjacent to an activating group) is 1. The largest absolute Gasteiger partial charge is 0.442 e. The molecule has 0 N–H and O–H groups in total. The second-order valence-corrected chi connectivity index (χ2v) is 5.95. The Morgan fingerprint density at radius 2 is 1.58 bits per heavy atom. The van der Waals surface area contributed by atoms with E-state index < -0.39 is 23.6 Å². The van der Waals surface area contributed by atoms with Gasteiger partial charge in [-0.3, -0.25) is 14.5 Å². The van der Waals surface area contributed by atoms with Gasteiger partial charge in [-0.05, 0) is 40.8 Å². The Kier molecular flexibility index (Phi) is 6.45. The second-order valence-electron chi connectivity index (χ2n) is 5.95. The average molecular weight is 274 g/mol. The molecule has 0 heterocycles. The highest BCUT2D eigenvalue weighted by atomic mass is 16.7. The number of nitrogens with zero attached hydrogens (tertiary/aromatic N) is 2. The van der Waals surface area contributed by atoms with Gasteiger partial charge in [0.05, 0.1) is 13.2 Å². The summed E-state index contributed by atoms with van der Waals surface area (Å²) in [6.45, 7) is 9.01. The highest BCUT2D eigenvalue weighted by Crippen LogP contribution is 2.15. The molecule has 19 heavy (non-hydrogen) atoms. The Morgan fingerprint density at radius 1 is 1.11 bits per heavy atom. The average Bonchev–Trinajstić information content (AvgIpc) is 2.13. The third kappa shape index (κ3) is 5.57. The number of rotatable bonds is 4. The molecule has 0 bridgehead atoms. The van der Waals surface area contributed by atoms with Crippen LogP contribution in [0.4, 0.5) is 4.79 Å². The van der Waals surface area contributed by atoms with E-state index in [1.54, 1.807) is 39.8 Å². The van der Waals surface area contributed by atoms with Crippen LogP contribution in [0.3, 0.4) is 0 Å². The van der Waals surface area contributed by atoms with Crippen LogP contribution in [0.25, 0.3) is 0 Å². The summed E-state index contributed by atoms with van der Waals surface area (Å²) >= 11 is 0. The minimum atomic E-state index is -0.799. The van der Waals surface area contributed by atoms with Crippen LogP contribution in [0, 0.1) is 5.92 Å². The van der Waals surface area contributed by atoms with Crippen LogP contribution in [-0.2, 0) is 14.4 Å². The predicted octanol–water partition coefficient (Wildman–Crippen LogP) is 1.90. The summed E-state index contributed by atoms with van der Waals surface area (Å²) in [6.07, 6.45) is -0.799. The molecule has 0 aliphatic heterocycles. The molecule has 0 radical (unpaired) electrons. The van der Waals surface area contributed by atoms with Crippen LogP contribution in [-0.4, -0.2) is 54.8 Å².